The van der Waals surface area contributed by atoms with Crippen LogP contribution in [0, 0.1) is 22.0 Å². The summed E-state index contributed by atoms with van der Waals surface area (Å²) in [6.07, 6.45) is 3.57. The van der Waals surface area contributed by atoms with Crippen molar-refractivity contribution in [3.8, 4) is 0 Å². The molecule has 3 atom stereocenters. The Morgan fingerprint density at radius 3 is 2.91 bits per heavy atom. The SMILES string of the molecule is NC1CCCC2CN(C(=O)Cc3cccc([N+](=O)[O-])c3)CC12. The van der Waals surface area contributed by atoms with Gasteiger partial charge in [0.2, 0.25) is 5.91 Å². The lowest BCUT2D eigenvalue weighted by Gasteiger charge is -2.29. The number of rotatable bonds is 3. The van der Waals surface area contributed by atoms with Crippen molar-refractivity contribution in [3.63, 3.8) is 0 Å². The van der Waals surface area contributed by atoms with Crippen LogP contribution in [0.5, 0.6) is 0 Å². The second-order valence-corrected chi connectivity index (χ2v) is 6.42. The molecule has 1 aromatic rings. The van der Waals surface area contributed by atoms with E-state index in [0.29, 0.717) is 17.4 Å². The molecule has 2 fully saturated rings. The summed E-state index contributed by atoms with van der Waals surface area (Å²) in [6.45, 7) is 1.52. The number of likely N-dealkylation sites (tertiary alicyclic amines) is 1. The van der Waals surface area contributed by atoms with Crippen molar-refractivity contribution < 1.29 is 9.72 Å². The fraction of sp³-hybridized carbons (Fsp3) is 0.562. The van der Waals surface area contributed by atoms with Crippen LogP contribution in [0.15, 0.2) is 24.3 Å². The molecule has 1 saturated heterocycles. The number of amides is 1. The molecule has 3 unspecified atom stereocenters. The van der Waals surface area contributed by atoms with Crippen LogP contribution in [0.4, 0.5) is 5.69 Å². The van der Waals surface area contributed by atoms with E-state index < -0.39 is 4.92 Å². The summed E-state index contributed by atoms with van der Waals surface area (Å²) in [4.78, 5) is 24.7. The van der Waals surface area contributed by atoms with Crippen LogP contribution in [-0.2, 0) is 11.2 Å². The van der Waals surface area contributed by atoms with E-state index >= 15 is 0 Å². The fourth-order valence-corrected chi connectivity index (χ4v) is 3.79. The monoisotopic (exact) mass is 303 g/mol. The maximum atomic E-state index is 12.5. The first-order chi connectivity index (χ1) is 10.5. The van der Waals surface area contributed by atoms with Gasteiger partial charge in [-0.1, -0.05) is 18.6 Å². The Hall–Kier alpha value is -1.95. The molecular weight excluding hydrogens is 282 g/mol. The van der Waals surface area contributed by atoms with Gasteiger partial charge in [-0.3, -0.25) is 14.9 Å². The molecule has 1 amide bonds. The summed E-state index contributed by atoms with van der Waals surface area (Å²) >= 11 is 0. The predicted octanol–water partition coefficient (Wildman–Crippen LogP) is 1.72. The van der Waals surface area contributed by atoms with Crippen molar-refractivity contribution in [1.29, 1.82) is 0 Å². The smallest absolute Gasteiger partial charge is 0.269 e. The number of hydrogen-bond acceptors (Lipinski definition) is 4. The molecule has 2 aliphatic rings. The lowest BCUT2D eigenvalue weighted by Crippen LogP contribution is -2.38. The van der Waals surface area contributed by atoms with Gasteiger partial charge in [0, 0.05) is 31.3 Å². The van der Waals surface area contributed by atoms with E-state index in [1.165, 1.54) is 12.1 Å². The molecule has 6 heteroatoms. The summed E-state index contributed by atoms with van der Waals surface area (Å²) in [5.74, 6) is 0.989. The highest BCUT2D eigenvalue weighted by Crippen LogP contribution is 2.35. The highest BCUT2D eigenvalue weighted by Gasteiger charge is 2.40. The van der Waals surface area contributed by atoms with Crippen LogP contribution in [0.2, 0.25) is 0 Å². The number of fused-ring (bicyclic) bond motifs is 1. The third kappa shape index (κ3) is 2.97. The average Bonchev–Trinajstić information content (AvgIpc) is 2.93. The Morgan fingerprint density at radius 1 is 1.36 bits per heavy atom. The summed E-state index contributed by atoms with van der Waals surface area (Å²) in [5.41, 5.74) is 6.90. The van der Waals surface area contributed by atoms with Crippen LogP contribution in [-0.4, -0.2) is 34.9 Å². The number of non-ortho nitro benzene ring substituents is 1. The fourth-order valence-electron chi connectivity index (χ4n) is 3.79. The Morgan fingerprint density at radius 2 is 2.18 bits per heavy atom. The number of benzene rings is 1. The number of nitrogens with zero attached hydrogens (tertiary/aromatic N) is 2. The molecule has 1 saturated carbocycles. The topological polar surface area (TPSA) is 89.5 Å². The zero-order chi connectivity index (χ0) is 15.7. The van der Waals surface area contributed by atoms with E-state index in [9.17, 15) is 14.9 Å². The highest BCUT2D eigenvalue weighted by atomic mass is 16.6. The third-order valence-electron chi connectivity index (χ3n) is 4.98. The molecule has 0 spiro atoms. The van der Waals surface area contributed by atoms with E-state index in [2.05, 4.69) is 0 Å². The van der Waals surface area contributed by atoms with Crippen LogP contribution in [0.1, 0.15) is 24.8 Å². The quantitative estimate of drug-likeness (QED) is 0.680. The molecule has 22 heavy (non-hydrogen) atoms. The van der Waals surface area contributed by atoms with Crippen LogP contribution >= 0.6 is 0 Å². The van der Waals surface area contributed by atoms with Crippen LogP contribution in [0.25, 0.3) is 0 Å². The zero-order valence-electron chi connectivity index (χ0n) is 12.5. The first-order valence-electron chi connectivity index (χ1n) is 7.81. The molecule has 0 bridgehead atoms. The minimum Gasteiger partial charge on any atom is -0.342 e. The number of hydrogen-bond donors (Lipinski definition) is 1. The van der Waals surface area contributed by atoms with Crippen molar-refractivity contribution in [3.05, 3.63) is 39.9 Å². The van der Waals surface area contributed by atoms with Gasteiger partial charge >= 0.3 is 0 Å². The van der Waals surface area contributed by atoms with Gasteiger partial charge < -0.3 is 10.6 Å². The van der Waals surface area contributed by atoms with Crippen LogP contribution < -0.4 is 5.73 Å². The Kier molecular flexibility index (Phi) is 4.11. The molecule has 1 heterocycles. The van der Waals surface area contributed by atoms with E-state index in [1.807, 2.05) is 4.90 Å². The van der Waals surface area contributed by atoms with Crippen LogP contribution in [0.3, 0.4) is 0 Å². The lowest BCUT2D eigenvalue weighted by atomic mass is 9.78. The number of carbonyl (C=O) groups excluding carboxylic acids is 1. The number of nitro groups is 1. The highest BCUT2D eigenvalue weighted by molar-refractivity contribution is 5.79. The minimum atomic E-state index is -0.433. The van der Waals surface area contributed by atoms with Crippen molar-refractivity contribution in [2.24, 2.45) is 17.6 Å². The number of nitro benzene ring substituents is 1. The standard InChI is InChI=1S/C16H21N3O3/c17-15-6-2-4-12-9-18(10-14(12)15)16(20)8-11-3-1-5-13(7-11)19(21)22/h1,3,5,7,12,14-15H,2,4,6,8-10,17H2. The maximum absolute atomic E-state index is 12.5. The largest absolute Gasteiger partial charge is 0.342 e. The van der Waals surface area contributed by atoms with E-state index in [4.69, 9.17) is 5.73 Å². The maximum Gasteiger partial charge on any atom is 0.269 e. The molecule has 0 aromatic heterocycles. The molecule has 6 nitrogen and oxygen atoms in total. The molecule has 1 aliphatic carbocycles. The summed E-state index contributed by atoms with van der Waals surface area (Å²) in [7, 11) is 0. The predicted molar refractivity (Wildman–Crippen MR) is 82.2 cm³/mol. The second kappa shape index (κ2) is 6.04. The van der Waals surface area contributed by atoms with Gasteiger partial charge in [-0.2, -0.15) is 0 Å². The average molecular weight is 303 g/mol. The van der Waals surface area contributed by atoms with E-state index in [1.54, 1.807) is 12.1 Å². The van der Waals surface area contributed by atoms with Crippen molar-refractivity contribution in [2.75, 3.05) is 13.1 Å². The molecule has 118 valence electrons. The normalized spacial score (nSPS) is 27.5. The third-order valence-corrected chi connectivity index (χ3v) is 4.98. The molecular formula is C16H21N3O3. The van der Waals surface area contributed by atoms with Gasteiger partial charge in [0.15, 0.2) is 0 Å². The second-order valence-electron chi connectivity index (χ2n) is 6.42. The van der Waals surface area contributed by atoms with Gasteiger partial charge in [-0.25, -0.2) is 0 Å². The van der Waals surface area contributed by atoms with Gasteiger partial charge in [-0.15, -0.1) is 0 Å². The summed E-state index contributed by atoms with van der Waals surface area (Å²) in [6, 6.07) is 6.51. The minimum absolute atomic E-state index is 0.0300. The van der Waals surface area contributed by atoms with Crippen molar-refractivity contribution in [1.82, 2.24) is 4.90 Å². The van der Waals surface area contributed by atoms with Gasteiger partial charge in [0.25, 0.3) is 5.69 Å². The van der Waals surface area contributed by atoms with Gasteiger partial charge in [-0.05, 0) is 30.2 Å². The summed E-state index contributed by atoms with van der Waals surface area (Å²) in [5, 5.41) is 10.8. The first-order valence-corrected chi connectivity index (χ1v) is 7.81. The Labute approximate surface area is 129 Å². The molecule has 0 radical (unpaired) electrons. The first kappa shape index (κ1) is 15.0. The lowest BCUT2D eigenvalue weighted by molar-refractivity contribution is -0.384. The van der Waals surface area contributed by atoms with Gasteiger partial charge in [0.05, 0.1) is 11.3 Å². The summed E-state index contributed by atoms with van der Waals surface area (Å²) < 4.78 is 0. The number of carbonyl (C=O) groups is 1. The van der Waals surface area contributed by atoms with E-state index in [-0.39, 0.29) is 24.1 Å². The zero-order valence-corrected chi connectivity index (χ0v) is 12.5. The molecule has 1 aromatic carbocycles. The van der Waals surface area contributed by atoms with Gasteiger partial charge in [0.1, 0.15) is 0 Å². The molecule has 1 aliphatic heterocycles. The molecule has 2 N–H and O–H groups in total. The number of nitrogens with two attached hydrogens (primary N) is 1. The molecule has 3 rings (SSSR count). The Balaban J connectivity index is 1.65. The van der Waals surface area contributed by atoms with Crippen molar-refractivity contribution in [2.45, 2.75) is 31.7 Å². The van der Waals surface area contributed by atoms with Crippen molar-refractivity contribution >= 4 is 11.6 Å². The Bertz CT molecular complexity index is 590. The van der Waals surface area contributed by atoms with E-state index in [0.717, 1.165) is 32.4 Å².